The summed E-state index contributed by atoms with van der Waals surface area (Å²) >= 11 is 2.17. The van der Waals surface area contributed by atoms with Gasteiger partial charge < -0.3 is 4.74 Å². The summed E-state index contributed by atoms with van der Waals surface area (Å²) in [5.41, 5.74) is -0.921. The van der Waals surface area contributed by atoms with Gasteiger partial charge in [0.15, 0.2) is 0 Å². The van der Waals surface area contributed by atoms with Gasteiger partial charge in [-0.05, 0) is 13.8 Å². The van der Waals surface area contributed by atoms with Crippen LogP contribution < -0.4 is 0 Å². The molecule has 0 saturated carbocycles. The molecule has 1 heterocycles. The Morgan fingerprint density at radius 2 is 2.23 bits per heavy atom. The van der Waals surface area contributed by atoms with E-state index in [1.807, 2.05) is 6.92 Å². The van der Waals surface area contributed by atoms with Gasteiger partial charge in [0.1, 0.15) is 17.3 Å². The van der Waals surface area contributed by atoms with Crippen molar-refractivity contribution in [3.8, 4) is 0 Å². The maximum Gasteiger partial charge on any atom is 0.320 e. The molecular formula is C9H13IO3. The lowest BCUT2D eigenvalue weighted by atomic mass is 9.75. The zero-order valence-corrected chi connectivity index (χ0v) is 10.1. The Morgan fingerprint density at radius 3 is 2.46 bits per heavy atom. The minimum atomic E-state index is -0.921. The summed E-state index contributed by atoms with van der Waals surface area (Å²) in [6, 6.07) is 0. The monoisotopic (exact) mass is 296 g/mol. The molecule has 74 valence electrons. The maximum absolute atomic E-state index is 11.5. The van der Waals surface area contributed by atoms with E-state index in [0.29, 0.717) is 0 Å². The highest BCUT2D eigenvalue weighted by atomic mass is 127. The van der Waals surface area contributed by atoms with Gasteiger partial charge in [-0.3, -0.25) is 9.59 Å². The van der Waals surface area contributed by atoms with Crippen LogP contribution in [-0.4, -0.2) is 22.3 Å². The summed E-state index contributed by atoms with van der Waals surface area (Å²) in [4.78, 5) is 22.8. The van der Waals surface area contributed by atoms with Crippen LogP contribution in [0.3, 0.4) is 0 Å². The minimum absolute atomic E-state index is 0.0191. The second-order valence-corrected chi connectivity index (χ2v) is 4.53. The van der Waals surface area contributed by atoms with Crippen molar-refractivity contribution < 1.29 is 14.3 Å². The molecule has 1 aliphatic rings. The third kappa shape index (κ3) is 1.49. The number of Topliss-reactive ketones (excluding diaryl/α,β-unsaturated/α-hetero) is 1. The topological polar surface area (TPSA) is 43.4 Å². The fourth-order valence-electron chi connectivity index (χ4n) is 1.55. The number of esters is 1. The van der Waals surface area contributed by atoms with E-state index in [-0.39, 0.29) is 23.8 Å². The van der Waals surface area contributed by atoms with E-state index in [0.717, 1.165) is 4.43 Å². The highest BCUT2D eigenvalue weighted by Crippen LogP contribution is 2.40. The summed E-state index contributed by atoms with van der Waals surface area (Å²) in [6.07, 6.45) is -0.109. The Hall–Kier alpha value is -0.130. The van der Waals surface area contributed by atoms with E-state index in [9.17, 15) is 9.59 Å². The number of hydrogen-bond donors (Lipinski definition) is 0. The van der Waals surface area contributed by atoms with Crippen LogP contribution >= 0.6 is 22.6 Å². The molecular weight excluding hydrogens is 283 g/mol. The van der Waals surface area contributed by atoms with Crippen LogP contribution in [0.25, 0.3) is 0 Å². The van der Waals surface area contributed by atoms with Crippen LogP contribution in [0.15, 0.2) is 0 Å². The molecule has 3 atom stereocenters. The summed E-state index contributed by atoms with van der Waals surface area (Å²) in [5.74, 6) is -0.485. The van der Waals surface area contributed by atoms with E-state index < -0.39 is 5.41 Å². The van der Waals surface area contributed by atoms with Gasteiger partial charge in [0.25, 0.3) is 0 Å². The molecule has 0 aromatic carbocycles. The second kappa shape index (κ2) is 3.55. The Labute approximate surface area is 91.4 Å². The Kier molecular flexibility index (Phi) is 2.99. The van der Waals surface area contributed by atoms with E-state index in [1.54, 1.807) is 6.92 Å². The fraction of sp³-hybridized carbons (Fsp3) is 0.778. The van der Waals surface area contributed by atoms with E-state index in [2.05, 4.69) is 22.6 Å². The van der Waals surface area contributed by atoms with Gasteiger partial charge in [0.05, 0.1) is 0 Å². The molecule has 0 aromatic heterocycles. The maximum atomic E-state index is 11.5. The Balaban J connectivity index is 2.99. The van der Waals surface area contributed by atoms with Crippen molar-refractivity contribution in [1.82, 2.24) is 0 Å². The number of carbonyl (C=O) groups excluding carboxylic acids is 2. The van der Waals surface area contributed by atoms with Crippen molar-refractivity contribution in [2.45, 2.75) is 26.9 Å². The quantitative estimate of drug-likeness (QED) is 0.336. The second-order valence-electron chi connectivity index (χ2n) is 3.65. The number of cyclic esters (lactones) is 1. The largest absolute Gasteiger partial charge is 0.460 e. The molecule has 1 saturated heterocycles. The van der Waals surface area contributed by atoms with Gasteiger partial charge in [0, 0.05) is 10.3 Å². The molecule has 0 N–H and O–H groups in total. The smallest absolute Gasteiger partial charge is 0.320 e. The summed E-state index contributed by atoms with van der Waals surface area (Å²) in [5, 5.41) is 0. The van der Waals surface area contributed by atoms with Crippen molar-refractivity contribution in [3.05, 3.63) is 0 Å². The molecule has 0 spiro atoms. The van der Waals surface area contributed by atoms with Gasteiger partial charge in [-0.1, -0.05) is 29.5 Å². The number of ketones is 1. The number of carbonyl (C=O) groups is 2. The first-order valence-corrected chi connectivity index (χ1v) is 5.75. The number of ether oxygens (including phenoxy) is 1. The standard InChI is InChI=1S/C9H13IO3/c1-5-7(4-10)13-8(12)9(5,3)6(2)11/h5,7H,4H2,1-3H3/t5-,7+,9+/m0/s1. The Morgan fingerprint density at radius 1 is 1.69 bits per heavy atom. The van der Waals surface area contributed by atoms with Crippen LogP contribution in [-0.2, 0) is 14.3 Å². The molecule has 0 unspecified atom stereocenters. The van der Waals surface area contributed by atoms with Crippen molar-refractivity contribution >= 4 is 34.3 Å². The minimum Gasteiger partial charge on any atom is -0.460 e. The van der Waals surface area contributed by atoms with Crippen molar-refractivity contribution in [1.29, 1.82) is 0 Å². The van der Waals surface area contributed by atoms with Crippen LogP contribution in [0.2, 0.25) is 0 Å². The van der Waals surface area contributed by atoms with Gasteiger partial charge in [0.2, 0.25) is 0 Å². The average molecular weight is 296 g/mol. The molecule has 4 heteroatoms. The molecule has 0 radical (unpaired) electrons. The molecule has 1 aliphatic heterocycles. The van der Waals surface area contributed by atoms with E-state index in [1.165, 1.54) is 6.92 Å². The Bertz CT molecular complexity index is 251. The lowest BCUT2D eigenvalue weighted by molar-refractivity contribution is -0.151. The van der Waals surface area contributed by atoms with Gasteiger partial charge in [-0.25, -0.2) is 0 Å². The first kappa shape index (κ1) is 10.9. The first-order chi connectivity index (χ1) is 5.94. The molecule has 0 amide bonds. The number of hydrogen-bond acceptors (Lipinski definition) is 3. The lowest BCUT2D eigenvalue weighted by Gasteiger charge is -2.21. The molecule has 0 aliphatic carbocycles. The van der Waals surface area contributed by atoms with Gasteiger partial charge >= 0.3 is 5.97 Å². The van der Waals surface area contributed by atoms with Gasteiger partial charge in [-0.2, -0.15) is 0 Å². The number of rotatable bonds is 2. The molecule has 0 aromatic rings. The number of halogens is 1. The summed E-state index contributed by atoms with van der Waals surface area (Å²) in [6.45, 7) is 5.03. The summed E-state index contributed by atoms with van der Waals surface area (Å²) < 4.78 is 5.88. The molecule has 0 bridgehead atoms. The zero-order valence-electron chi connectivity index (χ0n) is 7.96. The van der Waals surface area contributed by atoms with Gasteiger partial charge in [-0.15, -0.1) is 0 Å². The SMILES string of the molecule is CC(=O)[C@]1(C)C(=O)O[C@H](CI)[C@@H]1C. The van der Waals surface area contributed by atoms with Crippen LogP contribution in [0, 0.1) is 11.3 Å². The van der Waals surface area contributed by atoms with E-state index in [4.69, 9.17) is 4.74 Å². The normalized spacial score (nSPS) is 38.9. The first-order valence-electron chi connectivity index (χ1n) is 4.22. The van der Waals surface area contributed by atoms with E-state index >= 15 is 0 Å². The van der Waals surface area contributed by atoms with Crippen LogP contribution in [0.4, 0.5) is 0 Å². The average Bonchev–Trinajstić information content (AvgIpc) is 2.30. The molecule has 3 nitrogen and oxygen atoms in total. The highest BCUT2D eigenvalue weighted by molar-refractivity contribution is 14.1. The summed E-state index contributed by atoms with van der Waals surface area (Å²) in [7, 11) is 0. The van der Waals surface area contributed by atoms with Crippen molar-refractivity contribution in [3.63, 3.8) is 0 Å². The zero-order chi connectivity index (χ0) is 10.2. The van der Waals surface area contributed by atoms with Crippen molar-refractivity contribution in [2.75, 3.05) is 4.43 Å². The lowest BCUT2D eigenvalue weighted by Crippen LogP contribution is -2.36. The number of alkyl halides is 1. The van der Waals surface area contributed by atoms with Crippen LogP contribution in [0.5, 0.6) is 0 Å². The molecule has 13 heavy (non-hydrogen) atoms. The predicted octanol–water partition coefficient (Wildman–Crippen LogP) is 1.58. The van der Waals surface area contributed by atoms with Crippen molar-refractivity contribution in [2.24, 2.45) is 11.3 Å². The molecule has 1 fully saturated rings. The molecule has 1 rings (SSSR count). The highest BCUT2D eigenvalue weighted by Gasteiger charge is 2.54. The fourth-order valence-corrected chi connectivity index (χ4v) is 2.49. The third-order valence-electron chi connectivity index (χ3n) is 3.03. The third-order valence-corrected chi connectivity index (χ3v) is 3.90. The van der Waals surface area contributed by atoms with Crippen LogP contribution in [0.1, 0.15) is 20.8 Å². The predicted molar refractivity (Wildman–Crippen MR) is 56.7 cm³/mol.